The van der Waals surface area contributed by atoms with Crippen LogP contribution in [0.3, 0.4) is 0 Å². The molecule has 0 bridgehead atoms. The summed E-state index contributed by atoms with van der Waals surface area (Å²) >= 11 is 1.44. The Balaban J connectivity index is 2.39. The lowest BCUT2D eigenvalue weighted by Gasteiger charge is -2.05. The van der Waals surface area contributed by atoms with Gasteiger partial charge in [-0.15, -0.1) is 0 Å². The lowest BCUT2D eigenvalue weighted by Crippen LogP contribution is -1.92. The van der Waals surface area contributed by atoms with E-state index in [0.717, 1.165) is 27.0 Å². The Kier molecular flexibility index (Phi) is 3.63. The number of nitriles is 1. The minimum absolute atomic E-state index is 0.589. The summed E-state index contributed by atoms with van der Waals surface area (Å²) < 4.78 is 0. The first kappa shape index (κ1) is 12.6. The van der Waals surface area contributed by atoms with Crippen LogP contribution in [0.25, 0.3) is 0 Å². The summed E-state index contributed by atoms with van der Waals surface area (Å²) in [4.78, 5) is 8.85. The van der Waals surface area contributed by atoms with Crippen LogP contribution >= 0.6 is 11.8 Å². The molecule has 0 aliphatic carbocycles. The predicted octanol–water partition coefficient (Wildman–Crippen LogP) is 3.42. The van der Waals surface area contributed by atoms with Crippen molar-refractivity contribution in [2.75, 3.05) is 0 Å². The molecule has 90 valence electrons. The average molecular weight is 255 g/mol. The molecule has 2 heterocycles. The Labute approximate surface area is 111 Å². The molecule has 0 fully saturated rings. The number of hydrogen-bond acceptors (Lipinski definition) is 4. The standard InChI is InChI=1S/C14H13N3S/c1-9-6-11(3)16-13(7-9)18-14-12(8-15)5-4-10(2)17-14/h4-7H,1-3H3. The average Bonchev–Trinajstić information content (AvgIpc) is 2.27. The van der Waals surface area contributed by atoms with E-state index in [1.807, 2.05) is 39.0 Å². The van der Waals surface area contributed by atoms with Crippen molar-refractivity contribution >= 4 is 11.8 Å². The summed E-state index contributed by atoms with van der Waals surface area (Å²) in [5.74, 6) is 0. The highest BCUT2D eigenvalue weighted by Gasteiger charge is 2.08. The Morgan fingerprint density at radius 1 is 1.06 bits per heavy atom. The Bertz CT molecular complexity index is 609. The third kappa shape index (κ3) is 2.88. The number of aryl methyl sites for hydroxylation is 3. The van der Waals surface area contributed by atoms with Crippen molar-refractivity contribution in [2.24, 2.45) is 0 Å². The van der Waals surface area contributed by atoms with Gasteiger partial charge in [0.2, 0.25) is 0 Å². The van der Waals surface area contributed by atoms with Crippen molar-refractivity contribution in [3.63, 3.8) is 0 Å². The largest absolute Gasteiger partial charge is 0.246 e. The summed E-state index contributed by atoms with van der Waals surface area (Å²) in [6.45, 7) is 5.92. The van der Waals surface area contributed by atoms with Crippen LogP contribution in [0.2, 0.25) is 0 Å². The van der Waals surface area contributed by atoms with Crippen LogP contribution in [-0.4, -0.2) is 9.97 Å². The topological polar surface area (TPSA) is 49.6 Å². The van der Waals surface area contributed by atoms with Gasteiger partial charge in [0.05, 0.1) is 5.56 Å². The Morgan fingerprint density at radius 2 is 1.83 bits per heavy atom. The zero-order chi connectivity index (χ0) is 13.1. The van der Waals surface area contributed by atoms with Crippen LogP contribution in [0.15, 0.2) is 34.3 Å². The summed E-state index contributed by atoms with van der Waals surface area (Å²) in [6, 6.07) is 9.83. The molecule has 2 aromatic heterocycles. The van der Waals surface area contributed by atoms with Gasteiger partial charge < -0.3 is 0 Å². The summed E-state index contributed by atoms with van der Waals surface area (Å²) in [7, 11) is 0. The molecule has 0 amide bonds. The van der Waals surface area contributed by atoms with Crippen molar-refractivity contribution < 1.29 is 0 Å². The fraction of sp³-hybridized carbons (Fsp3) is 0.214. The zero-order valence-corrected chi connectivity index (χ0v) is 11.4. The van der Waals surface area contributed by atoms with E-state index in [-0.39, 0.29) is 0 Å². The van der Waals surface area contributed by atoms with Crippen molar-refractivity contribution in [3.8, 4) is 6.07 Å². The van der Waals surface area contributed by atoms with Crippen LogP contribution in [0.4, 0.5) is 0 Å². The highest BCUT2D eigenvalue weighted by molar-refractivity contribution is 7.99. The quantitative estimate of drug-likeness (QED) is 0.825. The highest BCUT2D eigenvalue weighted by atomic mass is 32.2. The molecule has 0 saturated heterocycles. The number of pyridine rings is 2. The van der Waals surface area contributed by atoms with Gasteiger partial charge in [-0.3, -0.25) is 0 Å². The SMILES string of the molecule is Cc1cc(C)nc(Sc2nc(C)ccc2C#N)c1. The van der Waals surface area contributed by atoms with Crippen LogP contribution in [0.1, 0.15) is 22.5 Å². The number of hydrogen-bond donors (Lipinski definition) is 0. The Hall–Kier alpha value is -1.86. The normalized spacial score (nSPS) is 10.1. The first-order valence-corrected chi connectivity index (χ1v) is 6.41. The molecule has 0 saturated carbocycles. The summed E-state index contributed by atoms with van der Waals surface area (Å²) in [5.41, 5.74) is 3.63. The third-order valence-corrected chi connectivity index (χ3v) is 3.32. The van der Waals surface area contributed by atoms with E-state index in [4.69, 9.17) is 5.26 Å². The van der Waals surface area contributed by atoms with E-state index in [1.165, 1.54) is 11.8 Å². The first-order valence-electron chi connectivity index (χ1n) is 5.59. The summed E-state index contributed by atoms with van der Waals surface area (Å²) in [5, 5.41) is 10.7. The molecule has 0 spiro atoms. The van der Waals surface area contributed by atoms with Gasteiger partial charge in [0.25, 0.3) is 0 Å². The molecule has 0 unspecified atom stereocenters. The zero-order valence-electron chi connectivity index (χ0n) is 10.6. The first-order chi connectivity index (χ1) is 8.58. The fourth-order valence-electron chi connectivity index (χ4n) is 1.65. The molecule has 0 radical (unpaired) electrons. The minimum Gasteiger partial charge on any atom is -0.246 e. The molecule has 0 aliphatic heterocycles. The van der Waals surface area contributed by atoms with Crippen molar-refractivity contribution in [1.82, 2.24) is 9.97 Å². The van der Waals surface area contributed by atoms with Crippen LogP contribution in [0, 0.1) is 32.1 Å². The fourth-order valence-corrected chi connectivity index (χ4v) is 2.70. The van der Waals surface area contributed by atoms with E-state index < -0.39 is 0 Å². The second-order valence-electron chi connectivity index (χ2n) is 4.14. The second kappa shape index (κ2) is 5.19. The van der Waals surface area contributed by atoms with E-state index in [1.54, 1.807) is 6.07 Å². The minimum atomic E-state index is 0.589. The van der Waals surface area contributed by atoms with Gasteiger partial charge in [0, 0.05) is 11.4 Å². The van der Waals surface area contributed by atoms with E-state index >= 15 is 0 Å². The lowest BCUT2D eigenvalue weighted by molar-refractivity contribution is 1.02. The molecule has 2 rings (SSSR count). The molecular weight excluding hydrogens is 242 g/mol. The molecule has 0 N–H and O–H groups in total. The number of aromatic nitrogens is 2. The van der Waals surface area contributed by atoms with Gasteiger partial charge >= 0.3 is 0 Å². The van der Waals surface area contributed by atoms with E-state index in [9.17, 15) is 0 Å². The van der Waals surface area contributed by atoms with Gasteiger partial charge in [-0.25, -0.2) is 9.97 Å². The number of nitrogens with zero attached hydrogens (tertiary/aromatic N) is 3. The van der Waals surface area contributed by atoms with Crippen molar-refractivity contribution in [3.05, 3.63) is 46.8 Å². The Morgan fingerprint density at radius 3 is 2.50 bits per heavy atom. The van der Waals surface area contributed by atoms with Crippen molar-refractivity contribution in [1.29, 1.82) is 5.26 Å². The third-order valence-electron chi connectivity index (χ3n) is 2.40. The van der Waals surface area contributed by atoms with Crippen molar-refractivity contribution in [2.45, 2.75) is 30.8 Å². The van der Waals surface area contributed by atoms with Gasteiger partial charge in [0.1, 0.15) is 16.1 Å². The molecule has 4 heteroatoms. The molecule has 3 nitrogen and oxygen atoms in total. The molecule has 18 heavy (non-hydrogen) atoms. The predicted molar refractivity (Wildman–Crippen MR) is 71.5 cm³/mol. The van der Waals surface area contributed by atoms with Gasteiger partial charge in [0.15, 0.2) is 0 Å². The lowest BCUT2D eigenvalue weighted by atomic mass is 10.3. The molecular formula is C14H13N3S. The van der Waals surface area contributed by atoms with Crippen LogP contribution in [-0.2, 0) is 0 Å². The van der Waals surface area contributed by atoms with E-state index in [2.05, 4.69) is 16.0 Å². The molecule has 2 aromatic rings. The number of rotatable bonds is 2. The maximum absolute atomic E-state index is 9.07. The monoisotopic (exact) mass is 255 g/mol. The van der Waals surface area contributed by atoms with Crippen LogP contribution < -0.4 is 0 Å². The smallest absolute Gasteiger partial charge is 0.120 e. The maximum Gasteiger partial charge on any atom is 0.120 e. The van der Waals surface area contributed by atoms with Gasteiger partial charge in [-0.2, -0.15) is 5.26 Å². The van der Waals surface area contributed by atoms with Crippen LogP contribution in [0.5, 0.6) is 0 Å². The van der Waals surface area contributed by atoms with Gasteiger partial charge in [-0.1, -0.05) is 0 Å². The summed E-state index contributed by atoms with van der Waals surface area (Å²) in [6.07, 6.45) is 0. The molecule has 0 aliphatic rings. The van der Waals surface area contributed by atoms with E-state index in [0.29, 0.717) is 5.56 Å². The second-order valence-corrected chi connectivity index (χ2v) is 5.15. The molecule has 0 aromatic carbocycles. The highest BCUT2D eigenvalue weighted by Crippen LogP contribution is 2.28. The maximum atomic E-state index is 9.07. The van der Waals surface area contributed by atoms with Gasteiger partial charge in [-0.05, 0) is 62.4 Å². The molecule has 0 atom stereocenters.